The fourth-order valence-electron chi connectivity index (χ4n) is 1.26. The van der Waals surface area contributed by atoms with Gasteiger partial charge in [-0.05, 0) is 40.2 Å². The van der Waals surface area contributed by atoms with Gasteiger partial charge in [0.1, 0.15) is 5.76 Å². The third kappa shape index (κ3) is 3.18. The van der Waals surface area contributed by atoms with E-state index in [0.29, 0.717) is 6.54 Å². The van der Waals surface area contributed by atoms with Crippen LogP contribution in [-0.2, 0) is 13.1 Å². The van der Waals surface area contributed by atoms with Gasteiger partial charge < -0.3 is 9.73 Å². The number of pyridine rings is 1. The zero-order valence-electron chi connectivity index (χ0n) is 8.11. The Morgan fingerprint density at radius 2 is 2.13 bits per heavy atom. The van der Waals surface area contributed by atoms with Crippen LogP contribution < -0.4 is 5.32 Å². The summed E-state index contributed by atoms with van der Waals surface area (Å²) in [6.45, 7) is 1.46. The van der Waals surface area contributed by atoms with Crippen LogP contribution in [0.1, 0.15) is 11.5 Å². The van der Waals surface area contributed by atoms with E-state index in [1.165, 1.54) is 0 Å². The standard InChI is InChI=1S/C11H11BrN2O/c12-11-5-4-10(15-11)8-13-7-9-3-1-2-6-14-9/h1-6,13H,7-8H2. The molecule has 0 aromatic carbocycles. The molecular weight excluding hydrogens is 256 g/mol. The molecule has 0 bridgehead atoms. The Hall–Kier alpha value is -1.13. The quantitative estimate of drug-likeness (QED) is 0.925. The van der Waals surface area contributed by atoms with Gasteiger partial charge in [-0.1, -0.05) is 6.07 Å². The summed E-state index contributed by atoms with van der Waals surface area (Å²) in [6.07, 6.45) is 1.79. The minimum absolute atomic E-state index is 0.710. The van der Waals surface area contributed by atoms with Crippen molar-refractivity contribution in [3.05, 3.63) is 52.7 Å². The largest absolute Gasteiger partial charge is 0.453 e. The molecule has 4 heteroatoms. The predicted octanol–water partition coefficient (Wildman–Crippen LogP) is 2.73. The second-order valence-corrected chi connectivity index (χ2v) is 3.91. The molecule has 0 saturated carbocycles. The number of rotatable bonds is 4. The minimum atomic E-state index is 0.710. The van der Waals surface area contributed by atoms with E-state index in [1.807, 2.05) is 30.3 Å². The lowest BCUT2D eigenvalue weighted by atomic mass is 10.3. The van der Waals surface area contributed by atoms with Gasteiger partial charge in [0.15, 0.2) is 4.67 Å². The molecule has 0 aliphatic heterocycles. The summed E-state index contributed by atoms with van der Waals surface area (Å²) in [6, 6.07) is 9.71. The van der Waals surface area contributed by atoms with Gasteiger partial charge in [-0.25, -0.2) is 0 Å². The maximum atomic E-state index is 5.36. The van der Waals surface area contributed by atoms with E-state index in [9.17, 15) is 0 Å². The molecule has 2 heterocycles. The van der Waals surface area contributed by atoms with E-state index in [2.05, 4.69) is 26.2 Å². The molecule has 0 radical (unpaired) electrons. The molecule has 2 aromatic heterocycles. The normalized spacial score (nSPS) is 10.5. The van der Waals surface area contributed by atoms with Crippen molar-refractivity contribution < 1.29 is 4.42 Å². The third-order valence-electron chi connectivity index (χ3n) is 1.96. The van der Waals surface area contributed by atoms with Crippen LogP contribution in [-0.4, -0.2) is 4.98 Å². The van der Waals surface area contributed by atoms with E-state index in [4.69, 9.17) is 4.42 Å². The highest BCUT2D eigenvalue weighted by atomic mass is 79.9. The molecule has 0 spiro atoms. The predicted molar refractivity (Wildman–Crippen MR) is 61.2 cm³/mol. The molecule has 3 nitrogen and oxygen atoms in total. The Labute approximate surface area is 96.6 Å². The Kier molecular flexibility index (Phi) is 3.53. The molecule has 1 N–H and O–H groups in total. The summed E-state index contributed by atoms with van der Waals surface area (Å²) in [4.78, 5) is 4.21. The summed E-state index contributed by atoms with van der Waals surface area (Å²) in [5.74, 6) is 0.915. The Balaban J connectivity index is 1.80. The second-order valence-electron chi connectivity index (χ2n) is 3.13. The lowest BCUT2D eigenvalue weighted by molar-refractivity contribution is 0.464. The maximum absolute atomic E-state index is 5.36. The molecule has 0 atom stereocenters. The summed E-state index contributed by atoms with van der Waals surface area (Å²) in [5, 5.41) is 3.25. The summed E-state index contributed by atoms with van der Waals surface area (Å²) in [5.41, 5.74) is 1.03. The fourth-order valence-corrected chi connectivity index (χ4v) is 1.60. The first-order chi connectivity index (χ1) is 7.34. The van der Waals surface area contributed by atoms with Crippen molar-refractivity contribution in [1.82, 2.24) is 10.3 Å². The molecule has 0 aliphatic rings. The topological polar surface area (TPSA) is 38.1 Å². The highest BCUT2D eigenvalue weighted by Gasteiger charge is 1.98. The number of aromatic nitrogens is 1. The average Bonchev–Trinajstić information content (AvgIpc) is 2.66. The average molecular weight is 267 g/mol. The number of nitrogens with one attached hydrogen (secondary N) is 1. The van der Waals surface area contributed by atoms with Crippen LogP contribution in [0.15, 0.2) is 45.6 Å². The van der Waals surface area contributed by atoms with Gasteiger partial charge in [0, 0.05) is 12.7 Å². The number of halogens is 1. The first-order valence-electron chi connectivity index (χ1n) is 4.69. The van der Waals surface area contributed by atoms with Crippen molar-refractivity contribution >= 4 is 15.9 Å². The van der Waals surface area contributed by atoms with E-state index in [1.54, 1.807) is 6.20 Å². The first-order valence-corrected chi connectivity index (χ1v) is 5.49. The highest BCUT2D eigenvalue weighted by molar-refractivity contribution is 9.10. The summed E-state index contributed by atoms with van der Waals surface area (Å²) < 4.78 is 6.12. The van der Waals surface area contributed by atoms with Gasteiger partial charge in [0.25, 0.3) is 0 Å². The third-order valence-corrected chi connectivity index (χ3v) is 2.39. The number of hydrogen-bond donors (Lipinski definition) is 1. The molecule has 0 saturated heterocycles. The van der Waals surface area contributed by atoms with Crippen molar-refractivity contribution in [2.75, 3.05) is 0 Å². The van der Waals surface area contributed by atoms with Crippen LogP contribution in [0.2, 0.25) is 0 Å². The van der Waals surface area contributed by atoms with E-state index in [0.717, 1.165) is 22.7 Å². The van der Waals surface area contributed by atoms with Gasteiger partial charge in [0.05, 0.1) is 12.2 Å². The fraction of sp³-hybridized carbons (Fsp3) is 0.182. The van der Waals surface area contributed by atoms with Crippen LogP contribution in [0.4, 0.5) is 0 Å². The Morgan fingerprint density at radius 3 is 2.80 bits per heavy atom. The van der Waals surface area contributed by atoms with E-state index >= 15 is 0 Å². The van der Waals surface area contributed by atoms with Gasteiger partial charge in [-0.3, -0.25) is 4.98 Å². The Morgan fingerprint density at radius 1 is 1.20 bits per heavy atom. The molecule has 0 aliphatic carbocycles. The van der Waals surface area contributed by atoms with E-state index < -0.39 is 0 Å². The molecule has 78 valence electrons. The van der Waals surface area contributed by atoms with Crippen molar-refractivity contribution in [1.29, 1.82) is 0 Å². The second kappa shape index (κ2) is 5.09. The van der Waals surface area contributed by atoms with Crippen LogP contribution in [0.25, 0.3) is 0 Å². The van der Waals surface area contributed by atoms with Crippen molar-refractivity contribution in [3.63, 3.8) is 0 Å². The molecule has 2 aromatic rings. The number of hydrogen-bond acceptors (Lipinski definition) is 3. The van der Waals surface area contributed by atoms with Gasteiger partial charge in [0.2, 0.25) is 0 Å². The number of furan rings is 1. The van der Waals surface area contributed by atoms with Crippen LogP contribution >= 0.6 is 15.9 Å². The first kappa shape index (κ1) is 10.4. The molecule has 0 fully saturated rings. The smallest absolute Gasteiger partial charge is 0.169 e. The SMILES string of the molecule is Brc1ccc(CNCc2ccccn2)o1. The Bertz CT molecular complexity index is 414. The van der Waals surface area contributed by atoms with E-state index in [-0.39, 0.29) is 0 Å². The van der Waals surface area contributed by atoms with Crippen LogP contribution in [0.5, 0.6) is 0 Å². The monoisotopic (exact) mass is 266 g/mol. The van der Waals surface area contributed by atoms with Crippen LogP contribution in [0.3, 0.4) is 0 Å². The molecule has 0 unspecified atom stereocenters. The molecule has 2 rings (SSSR count). The zero-order chi connectivity index (χ0) is 10.5. The molecule has 15 heavy (non-hydrogen) atoms. The summed E-state index contributed by atoms with van der Waals surface area (Å²) >= 11 is 3.26. The maximum Gasteiger partial charge on any atom is 0.169 e. The van der Waals surface area contributed by atoms with Crippen molar-refractivity contribution in [3.8, 4) is 0 Å². The molecular formula is C11H11BrN2O. The molecule has 0 amide bonds. The highest BCUT2D eigenvalue weighted by Crippen LogP contribution is 2.13. The lowest BCUT2D eigenvalue weighted by Gasteiger charge is -2.01. The van der Waals surface area contributed by atoms with Crippen molar-refractivity contribution in [2.24, 2.45) is 0 Å². The van der Waals surface area contributed by atoms with Crippen LogP contribution in [0, 0.1) is 0 Å². The van der Waals surface area contributed by atoms with Gasteiger partial charge in [-0.15, -0.1) is 0 Å². The minimum Gasteiger partial charge on any atom is -0.453 e. The zero-order valence-corrected chi connectivity index (χ0v) is 9.70. The summed E-state index contributed by atoms with van der Waals surface area (Å²) in [7, 11) is 0. The van der Waals surface area contributed by atoms with Gasteiger partial charge >= 0.3 is 0 Å². The lowest BCUT2D eigenvalue weighted by Crippen LogP contribution is -2.12. The van der Waals surface area contributed by atoms with Gasteiger partial charge in [-0.2, -0.15) is 0 Å². The van der Waals surface area contributed by atoms with Crippen molar-refractivity contribution in [2.45, 2.75) is 13.1 Å². The number of nitrogens with zero attached hydrogens (tertiary/aromatic N) is 1.